The lowest BCUT2D eigenvalue weighted by atomic mass is 10.0. The maximum atomic E-state index is 10.9. The molecule has 122 valence electrons. The van der Waals surface area contributed by atoms with E-state index in [1.54, 1.807) is 17.6 Å². The summed E-state index contributed by atoms with van der Waals surface area (Å²) in [7, 11) is 0. The largest absolute Gasteiger partial charge is 0.350 e. The number of fused-ring (bicyclic) bond motifs is 3. The van der Waals surface area contributed by atoms with Crippen LogP contribution in [0.3, 0.4) is 0 Å². The van der Waals surface area contributed by atoms with Crippen molar-refractivity contribution >= 4 is 28.5 Å². The summed E-state index contributed by atoms with van der Waals surface area (Å²) in [5.41, 5.74) is 11.5. The molecule has 6 nitrogen and oxygen atoms in total. The monoisotopic (exact) mass is 339 g/mol. The van der Waals surface area contributed by atoms with E-state index in [4.69, 9.17) is 10.7 Å². The van der Waals surface area contributed by atoms with Gasteiger partial charge in [0.2, 0.25) is 0 Å². The number of amides is 2. The molecule has 0 radical (unpaired) electrons. The van der Waals surface area contributed by atoms with Crippen LogP contribution in [0.4, 0.5) is 4.79 Å². The number of thiazole rings is 1. The molecule has 1 aliphatic rings. The van der Waals surface area contributed by atoms with Gasteiger partial charge in [0.1, 0.15) is 0 Å². The highest BCUT2D eigenvalue weighted by Gasteiger charge is 2.22. The number of aromatic nitrogens is 2. The molecule has 0 atom stereocenters. The Morgan fingerprint density at radius 3 is 2.88 bits per heavy atom. The van der Waals surface area contributed by atoms with Crippen molar-refractivity contribution in [3.05, 3.63) is 46.6 Å². The van der Waals surface area contributed by atoms with Crippen molar-refractivity contribution in [3.8, 4) is 11.3 Å². The number of primary amides is 1. The van der Waals surface area contributed by atoms with E-state index >= 15 is 0 Å². The lowest BCUT2D eigenvalue weighted by Crippen LogP contribution is -2.24. The second kappa shape index (κ2) is 6.09. The van der Waals surface area contributed by atoms with Gasteiger partial charge in [-0.25, -0.2) is 15.2 Å². The van der Waals surface area contributed by atoms with Gasteiger partial charge in [-0.15, -0.1) is 11.3 Å². The average molecular weight is 339 g/mol. The van der Waals surface area contributed by atoms with Crippen LogP contribution in [-0.4, -0.2) is 21.6 Å². The fourth-order valence-electron chi connectivity index (χ4n) is 3.14. The van der Waals surface area contributed by atoms with Crippen LogP contribution in [0.25, 0.3) is 16.2 Å². The van der Waals surface area contributed by atoms with E-state index in [0.717, 1.165) is 34.8 Å². The van der Waals surface area contributed by atoms with Crippen LogP contribution in [0, 0.1) is 0 Å². The van der Waals surface area contributed by atoms with Gasteiger partial charge < -0.3 is 5.73 Å². The maximum absolute atomic E-state index is 10.9. The normalized spacial score (nSPS) is 14.2. The summed E-state index contributed by atoms with van der Waals surface area (Å²) in [6.07, 6.45) is 6.21. The van der Waals surface area contributed by atoms with Gasteiger partial charge in [0.15, 0.2) is 4.96 Å². The molecule has 2 aromatic heterocycles. The minimum absolute atomic E-state index is 0.680. The van der Waals surface area contributed by atoms with Crippen LogP contribution < -0.4 is 11.2 Å². The van der Waals surface area contributed by atoms with E-state index in [2.05, 4.69) is 14.9 Å². The number of urea groups is 1. The summed E-state index contributed by atoms with van der Waals surface area (Å²) in [6, 6.07) is 9.32. The minimum atomic E-state index is -0.680. The molecular weight excluding hydrogens is 322 g/mol. The number of nitrogens with one attached hydrogen (secondary N) is 1. The van der Waals surface area contributed by atoms with Gasteiger partial charge in [0, 0.05) is 16.1 Å². The number of hydrogen-bond donors (Lipinski definition) is 2. The molecule has 0 bridgehead atoms. The number of nitrogens with zero attached hydrogens (tertiary/aromatic N) is 3. The maximum Gasteiger partial charge on any atom is 0.332 e. The number of hydrazone groups is 1. The zero-order valence-corrected chi connectivity index (χ0v) is 13.8. The molecule has 3 aromatic rings. The molecule has 0 spiro atoms. The third-order valence-electron chi connectivity index (χ3n) is 4.16. The van der Waals surface area contributed by atoms with Gasteiger partial charge in [-0.05, 0) is 25.7 Å². The fourth-order valence-corrected chi connectivity index (χ4v) is 4.36. The lowest BCUT2D eigenvalue weighted by Gasteiger charge is -2.11. The standard InChI is InChI=1S/C17H17N5OS/c18-16(23)21-19-10-13-15(11-6-2-1-3-7-11)20-17-22(13)12-8-4-5-9-14(12)24-17/h1-3,6-7,10H,4-5,8-9H2,(H3,18,21,23). The molecule has 2 amide bonds. The third-order valence-corrected chi connectivity index (χ3v) is 5.31. The van der Waals surface area contributed by atoms with Crippen LogP contribution in [0.5, 0.6) is 0 Å². The molecule has 0 unspecified atom stereocenters. The molecule has 1 aliphatic carbocycles. The summed E-state index contributed by atoms with van der Waals surface area (Å²) in [4.78, 5) is 18.1. The zero-order chi connectivity index (χ0) is 16.5. The first-order valence-electron chi connectivity index (χ1n) is 7.91. The van der Waals surface area contributed by atoms with E-state index in [1.165, 1.54) is 23.4 Å². The topological polar surface area (TPSA) is 84.8 Å². The van der Waals surface area contributed by atoms with Crippen molar-refractivity contribution in [1.29, 1.82) is 0 Å². The summed E-state index contributed by atoms with van der Waals surface area (Å²) in [5, 5.41) is 3.97. The van der Waals surface area contributed by atoms with Crippen molar-refractivity contribution < 1.29 is 4.79 Å². The zero-order valence-electron chi connectivity index (χ0n) is 13.0. The summed E-state index contributed by atoms with van der Waals surface area (Å²) < 4.78 is 2.17. The van der Waals surface area contributed by atoms with Crippen LogP contribution >= 0.6 is 11.3 Å². The van der Waals surface area contributed by atoms with Crippen LogP contribution in [0.1, 0.15) is 29.1 Å². The Balaban J connectivity index is 1.90. The highest BCUT2D eigenvalue weighted by atomic mass is 32.1. The van der Waals surface area contributed by atoms with Gasteiger partial charge >= 0.3 is 6.03 Å². The molecule has 0 fully saturated rings. The van der Waals surface area contributed by atoms with Crippen molar-refractivity contribution in [2.45, 2.75) is 25.7 Å². The van der Waals surface area contributed by atoms with Crippen LogP contribution in [0.2, 0.25) is 0 Å². The Morgan fingerprint density at radius 1 is 1.29 bits per heavy atom. The predicted molar refractivity (Wildman–Crippen MR) is 95.5 cm³/mol. The van der Waals surface area contributed by atoms with Gasteiger partial charge in [0.05, 0.1) is 17.6 Å². The van der Waals surface area contributed by atoms with E-state index < -0.39 is 6.03 Å². The Kier molecular flexibility index (Phi) is 3.78. The molecule has 0 saturated carbocycles. The molecule has 7 heteroatoms. The molecular formula is C17H17N5OS. The van der Waals surface area contributed by atoms with E-state index in [9.17, 15) is 4.79 Å². The Hall–Kier alpha value is -2.67. The SMILES string of the molecule is NC(=O)NN=Cc1c(-c2ccccc2)nc2sc3c(n12)CCCC3. The number of carbonyl (C=O) groups is 1. The molecule has 1 aromatic carbocycles. The predicted octanol–water partition coefficient (Wildman–Crippen LogP) is 2.94. The van der Waals surface area contributed by atoms with Crippen molar-refractivity contribution in [2.24, 2.45) is 10.8 Å². The Bertz CT molecular complexity index is 926. The first-order chi connectivity index (χ1) is 11.7. The first-order valence-corrected chi connectivity index (χ1v) is 8.72. The number of carbonyl (C=O) groups excluding carboxylic acids is 1. The molecule has 24 heavy (non-hydrogen) atoms. The van der Waals surface area contributed by atoms with E-state index in [0.29, 0.717) is 0 Å². The van der Waals surface area contributed by atoms with Gasteiger partial charge in [0.25, 0.3) is 0 Å². The second-order valence-corrected chi connectivity index (χ2v) is 6.81. The number of aryl methyl sites for hydroxylation is 2. The van der Waals surface area contributed by atoms with Crippen molar-refractivity contribution in [1.82, 2.24) is 14.8 Å². The van der Waals surface area contributed by atoms with E-state index in [-0.39, 0.29) is 0 Å². The van der Waals surface area contributed by atoms with Gasteiger partial charge in [-0.1, -0.05) is 30.3 Å². The Morgan fingerprint density at radius 2 is 2.08 bits per heavy atom. The molecule has 0 saturated heterocycles. The second-order valence-electron chi connectivity index (χ2n) is 5.74. The number of hydrogen-bond acceptors (Lipinski definition) is 4. The summed E-state index contributed by atoms with van der Waals surface area (Å²) >= 11 is 1.75. The highest BCUT2D eigenvalue weighted by molar-refractivity contribution is 7.17. The quantitative estimate of drug-likeness (QED) is 0.568. The average Bonchev–Trinajstić information content (AvgIpc) is 3.12. The molecule has 3 N–H and O–H groups in total. The smallest absolute Gasteiger partial charge is 0.332 e. The summed E-state index contributed by atoms with van der Waals surface area (Å²) in [5.74, 6) is 0. The number of imidazole rings is 1. The van der Waals surface area contributed by atoms with Crippen LogP contribution in [-0.2, 0) is 12.8 Å². The number of rotatable bonds is 3. The van der Waals surface area contributed by atoms with Crippen LogP contribution in [0.15, 0.2) is 35.4 Å². The highest BCUT2D eigenvalue weighted by Crippen LogP contribution is 2.34. The van der Waals surface area contributed by atoms with Gasteiger partial charge in [-0.2, -0.15) is 5.10 Å². The van der Waals surface area contributed by atoms with E-state index in [1.807, 2.05) is 30.3 Å². The molecule has 0 aliphatic heterocycles. The minimum Gasteiger partial charge on any atom is -0.350 e. The Labute approximate surface area is 143 Å². The lowest BCUT2D eigenvalue weighted by molar-refractivity contribution is 0.249. The third kappa shape index (κ3) is 2.56. The first kappa shape index (κ1) is 14.9. The number of benzene rings is 1. The summed E-state index contributed by atoms with van der Waals surface area (Å²) in [6.45, 7) is 0. The fraction of sp³-hybridized carbons (Fsp3) is 0.235. The molecule has 4 rings (SSSR count). The van der Waals surface area contributed by atoms with Crippen molar-refractivity contribution in [2.75, 3.05) is 0 Å². The van der Waals surface area contributed by atoms with Crippen molar-refractivity contribution in [3.63, 3.8) is 0 Å². The number of nitrogens with two attached hydrogens (primary N) is 1. The molecule has 2 heterocycles. The van der Waals surface area contributed by atoms with Gasteiger partial charge in [-0.3, -0.25) is 4.40 Å².